The summed E-state index contributed by atoms with van der Waals surface area (Å²) in [6, 6.07) is 6.42. The SMILES string of the molecule is O=S1(=O)C=C[C@@H](N=Cc2ccccc2O)C1. The number of nitrogens with zero attached hydrogens (tertiary/aromatic N) is 1. The summed E-state index contributed by atoms with van der Waals surface area (Å²) in [6.07, 6.45) is 3.04. The highest BCUT2D eigenvalue weighted by molar-refractivity contribution is 7.94. The number of phenols is 1. The van der Waals surface area contributed by atoms with Crippen LogP contribution in [0.3, 0.4) is 0 Å². The van der Waals surface area contributed by atoms with Crippen LogP contribution in [0.25, 0.3) is 0 Å². The highest BCUT2D eigenvalue weighted by Gasteiger charge is 2.20. The predicted octanol–water partition coefficient (Wildman–Crippen LogP) is 1.12. The molecule has 84 valence electrons. The number of benzene rings is 1. The standard InChI is InChI=1S/C11H11NO3S/c13-11-4-2-1-3-9(11)7-12-10-5-6-16(14,15)8-10/h1-7,10,13H,8H2/t10-/m1/s1. The summed E-state index contributed by atoms with van der Waals surface area (Å²) in [6.45, 7) is 0. The average molecular weight is 237 g/mol. The molecule has 5 heteroatoms. The summed E-state index contributed by atoms with van der Waals surface area (Å²) >= 11 is 0. The molecule has 0 bridgehead atoms. The van der Waals surface area contributed by atoms with Crippen molar-refractivity contribution in [2.45, 2.75) is 6.04 Å². The van der Waals surface area contributed by atoms with Crippen LogP contribution in [0.2, 0.25) is 0 Å². The van der Waals surface area contributed by atoms with Gasteiger partial charge in [-0.1, -0.05) is 12.1 Å². The van der Waals surface area contributed by atoms with Gasteiger partial charge in [-0.05, 0) is 18.2 Å². The van der Waals surface area contributed by atoms with Crippen LogP contribution in [0.1, 0.15) is 5.56 Å². The molecule has 0 radical (unpaired) electrons. The number of hydrogen-bond acceptors (Lipinski definition) is 4. The zero-order valence-corrected chi connectivity index (χ0v) is 9.26. The second-order valence-corrected chi connectivity index (χ2v) is 5.49. The van der Waals surface area contributed by atoms with Gasteiger partial charge in [-0.15, -0.1) is 0 Å². The maximum atomic E-state index is 11.1. The first-order chi connectivity index (χ1) is 7.57. The maximum absolute atomic E-state index is 11.1. The van der Waals surface area contributed by atoms with Crippen LogP contribution in [0.5, 0.6) is 5.75 Å². The molecule has 0 aliphatic carbocycles. The number of aliphatic imine (C=N–C) groups is 1. The lowest BCUT2D eigenvalue weighted by atomic mass is 10.2. The molecule has 0 amide bonds. The number of rotatable bonds is 2. The zero-order chi connectivity index (χ0) is 11.6. The Hall–Kier alpha value is -1.62. The van der Waals surface area contributed by atoms with Gasteiger partial charge in [-0.2, -0.15) is 0 Å². The monoisotopic (exact) mass is 237 g/mol. The molecule has 0 saturated carbocycles. The van der Waals surface area contributed by atoms with E-state index >= 15 is 0 Å². The largest absolute Gasteiger partial charge is 0.507 e. The minimum absolute atomic E-state index is 0.0110. The number of aromatic hydroxyl groups is 1. The Balaban J connectivity index is 2.12. The fourth-order valence-electron chi connectivity index (χ4n) is 1.42. The maximum Gasteiger partial charge on any atom is 0.173 e. The first-order valence-electron chi connectivity index (χ1n) is 4.79. The molecule has 1 aromatic rings. The molecular formula is C11H11NO3S. The van der Waals surface area contributed by atoms with Crippen molar-refractivity contribution in [2.75, 3.05) is 5.75 Å². The van der Waals surface area contributed by atoms with E-state index in [0.717, 1.165) is 0 Å². The first-order valence-corrected chi connectivity index (χ1v) is 6.50. The molecule has 2 rings (SSSR count). The number of hydrogen-bond donors (Lipinski definition) is 1. The zero-order valence-electron chi connectivity index (χ0n) is 8.45. The highest BCUT2D eigenvalue weighted by Crippen LogP contribution is 2.15. The van der Waals surface area contributed by atoms with Gasteiger partial charge in [0.15, 0.2) is 9.84 Å². The molecule has 0 spiro atoms. The van der Waals surface area contributed by atoms with Crippen LogP contribution in [-0.4, -0.2) is 31.5 Å². The van der Waals surface area contributed by atoms with E-state index in [9.17, 15) is 13.5 Å². The average Bonchev–Trinajstić information content (AvgIpc) is 2.57. The topological polar surface area (TPSA) is 66.7 Å². The lowest BCUT2D eigenvalue weighted by molar-refractivity contribution is 0.474. The summed E-state index contributed by atoms with van der Waals surface area (Å²) in [4.78, 5) is 4.10. The van der Waals surface area contributed by atoms with Gasteiger partial charge < -0.3 is 5.11 Å². The second-order valence-electron chi connectivity index (χ2n) is 3.56. The normalized spacial score (nSPS) is 22.9. The first kappa shape index (κ1) is 10.9. The Bertz CT molecular complexity index is 546. The van der Waals surface area contributed by atoms with Crippen molar-refractivity contribution in [3.8, 4) is 5.75 Å². The van der Waals surface area contributed by atoms with Gasteiger partial charge in [0, 0.05) is 17.2 Å². The molecule has 1 atom stereocenters. The van der Waals surface area contributed by atoms with Crippen LogP contribution in [0.15, 0.2) is 40.7 Å². The number of phenolic OH excluding ortho intramolecular Hbond substituents is 1. The van der Waals surface area contributed by atoms with E-state index in [-0.39, 0.29) is 17.5 Å². The summed E-state index contributed by atoms with van der Waals surface area (Å²) in [5.41, 5.74) is 0.584. The molecule has 1 heterocycles. The van der Waals surface area contributed by atoms with Crippen molar-refractivity contribution in [2.24, 2.45) is 4.99 Å². The number of para-hydroxylation sites is 1. The van der Waals surface area contributed by atoms with Gasteiger partial charge in [-0.3, -0.25) is 4.99 Å². The van der Waals surface area contributed by atoms with E-state index in [1.165, 1.54) is 11.6 Å². The van der Waals surface area contributed by atoms with Crippen molar-refractivity contribution in [1.82, 2.24) is 0 Å². The van der Waals surface area contributed by atoms with Crippen molar-refractivity contribution >= 4 is 16.1 Å². The van der Waals surface area contributed by atoms with E-state index in [1.807, 2.05) is 0 Å². The third-order valence-corrected chi connectivity index (χ3v) is 3.63. The summed E-state index contributed by atoms with van der Waals surface area (Å²) in [7, 11) is -3.07. The highest BCUT2D eigenvalue weighted by atomic mass is 32.2. The number of sulfone groups is 1. The summed E-state index contributed by atoms with van der Waals surface area (Å²) < 4.78 is 22.2. The van der Waals surface area contributed by atoms with Crippen LogP contribution >= 0.6 is 0 Å². The molecule has 0 unspecified atom stereocenters. The van der Waals surface area contributed by atoms with Gasteiger partial charge in [0.05, 0.1) is 11.8 Å². The van der Waals surface area contributed by atoms with Gasteiger partial charge in [0.1, 0.15) is 5.75 Å². The molecule has 1 aliphatic heterocycles. The predicted molar refractivity (Wildman–Crippen MR) is 62.4 cm³/mol. The second kappa shape index (κ2) is 4.09. The molecule has 1 aromatic carbocycles. The van der Waals surface area contributed by atoms with E-state index < -0.39 is 9.84 Å². The van der Waals surface area contributed by atoms with E-state index in [4.69, 9.17) is 0 Å². The van der Waals surface area contributed by atoms with Crippen LogP contribution in [0.4, 0.5) is 0 Å². The van der Waals surface area contributed by atoms with E-state index in [0.29, 0.717) is 5.56 Å². The van der Waals surface area contributed by atoms with Crippen LogP contribution < -0.4 is 0 Å². The Kier molecular flexibility index (Phi) is 2.78. The molecule has 0 aromatic heterocycles. The molecule has 1 aliphatic rings. The summed E-state index contributed by atoms with van der Waals surface area (Å²) in [5.74, 6) is 0.146. The van der Waals surface area contributed by atoms with Crippen molar-refractivity contribution in [3.05, 3.63) is 41.3 Å². The molecule has 0 fully saturated rings. The van der Waals surface area contributed by atoms with E-state index in [2.05, 4.69) is 4.99 Å². The molecule has 4 nitrogen and oxygen atoms in total. The fraction of sp³-hybridized carbons (Fsp3) is 0.182. The lowest BCUT2D eigenvalue weighted by Crippen LogP contribution is -2.08. The Labute approximate surface area is 93.9 Å². The Morgan fingerprint density at radius 2 is 2.12 bits per heavy atom. The van der Waals surface area contributed by atoms with Crippen LogP contribution in [0, 0.1) is 0 Å². The van der Waals surface area contributed by atoms with Crippen LogP contribution in [-0.2, 0) is 9.84 Å². The molecule has 1 N–H and O–H groups in total. The third-order valence-electron chi connectivity index (χ3n) is 2.25. The van der Waals surface area contributed by atoms with Crippen molar-refractivity contribution in [3.63, 3.8) is 0 Å². The van der Waals surface area contributed by atoms with Gasteiger partial charge in [0.2, 0.25) is 0 Å². The van der Waals surface area contributed by atoms with Gasteiger partial charge in [-0.25, -0.2) is 8.42 Å². The third kappa shape index (κ3) is 2.49. The van der Waals surface area contributed by atoms with E-state index in [1.54, 1.807) is 30.3 Å². The minimum atomic E-state index is -3.07. The minimum Gasteiger partial charge on any atom is -0.507 e. The van der Waals surface area contributed by atoms with Crippen molar-refractivity contribution in [1.29, 1.82) is 0 Å². The van der Waals surface area contributed by atoms with Gasteiger partial charge >= 0.3 is 0 Å². The fourth-order valence-corrected chi connectivity index (χ4v) is 2.63. The lowest BCUT2D eigenvalue weighted by Gasteiger charge is -2.00. The smallest absolute Gasteiger partial charge is 0.173 e. The van der Waals surface area contributed by atoms with Gasteiger partial charge in [0.25, 0.3) is 0 Å². The Morgan fingerprint density at radius 1 is 1.38 bits per heavy atom. The summed E-state index contributed by atoms with van der Waals surface area (Å²) in [5, 5.41) is 10.6. The molecular weight excluding hydrogens is 226 g/mol. The molecule has 16 heavy (non-hydrogen) atoms. The molecule has 0 saturated heterocycles. The van der Waals surface area contributed by atoms with Crippen molar-refractivity contribution < 1.29 is 13.5 Å². The Morgan fingerprint density at radius 3 is 2.75 bits per heavy atom. The quantitative estimate of drug-likeness (QED) is 0.784.